The topological polar surface area (TPSA) is 51.8 Å². The molecule has 0 amide bonds. The number of nitrogens with zero attached hydrogens (tertiary/aromatic N) is 2. The minimum atomic E-state index is -0.590. The van der Waals surface area contributed by atoms with Gasteiger partial charge < -0.3 is 5.73 Å². The predicted octanol–water partition coefficient (Wildman–Crippen LogP) is 3.20. The number of halogens is 2. The summed E-state index contributed by atoms with van der Waals surface area (Å²) in [6, 6.07) is 3.46. The van der Waals surface area contributed by atoms with Crippen molar-refractivity contribution >= 4 is 5.82 Å². The lowest BCUT2D eigenvalue weighted by atomic mass is 10.1. The number of benzene rings is 1. The SMILES string of the molecule is Nc1nc(Cc2cc(F)cc(F)c2)nc2c1CCCCC2. The van der Waals surface area contributed by atoms with Gasteiger partial charge in [0.25, 0.3) is 0 Å². The fraction of sp³-hybridized carbons (Fsp3) is 0.375. The quantitative estimate of drug-likeness (QED) is 0.864. The normalized spacial score (nSPS) is 14.6. The molecule has 3 nitrogen and oxygen atoms in total. The van der Waals surface area contributed by atoms with Crippen LogP contribution in [0.2, 0.25) is 0 Å². The summed E-state index contributed by atoms with van der Waals surface area (Å²) in [7, 11) is 0. The van der Waals surface area contributed by atoms with Crippen molar-refractivity contribution in [2.75, 3.05) is 5.73 Å². The lowest BCUT2D eigenvalue weighted by Crippen LogP contribution is -2.09. The lowest BCUT2D eigenvalue weighted by molar-refractivity contribution is 0.580. The third-order valence-electron chi connectivity index (χ3n) is 3.80. The first-order valence-corrected chi connectivity index (χ1v) is 7.21. The number of hydrogen-bond donors (Lipinski definition) is 1. The van der Waals surface area contributed by atoms with Crippen molar-refractivity contribution in [2.24, 2.45) is 0 Å². The van der Waals surface area contributed by atoms with Gasteiger partial charge in [-0.15, -0.1) is 0 Å². The Morgan fingerprint density at radius 2 is 1.67 bits per heavy atom. The molecular weight excluding hydrogens is 272 g/mol. The van der Waals surface area contributed by atoms with Crippen LogP contribution in [0, 0.1) is 11.6 Å². The maximum Gasteiger partial charge on any atom is 0.135 e. The van der Waals surface area contributed by atoms with Crippen molar-refractivity contribution in [1.82, 2.24) is 9.97 Å². The molecule has 0 fully saturated rings. The summed E-state index contributed by atoms with van der Waals surface area (Å²) in [4.78, 5) is 8.86. The fourth-order valence-corrected chi connectivity index (χ4v) is 2.83. The van der Waals surface area contributed by atoms with Gasteiger partial charge in [-0.25, -0.2) is 18.7 Å². The van der Waals surface area contributed by atoms with Gasteiger partial charge >= 0.3 is 0 Å². The maximum atomic E-state index is 13.2. The molecule has 110 valence electrons. The van der Waals surface area contributed by atoms with E-state index >= 15 is 0 Å². The van der Waals surface area contributed by atoms with Gasteiger partial charge in [0.15, 0.2) is 0 Å². The molecule has 0 saturated heterocycles. The number of rotatable bonds is 2. The van der Waals surface area contributed by atoms with Gasteiger partial charge in [0.1, 0.15) is 23.3 Å². The highest BCUT2D eigenvalue weighted by molar-refractivity contribution is 5.43. The van der Waals surface area contributed by atoms with Gasteiger partial charge in [-0.1, -0.05) is 6.42 Å². The van der Waals surface area contributed by atoms with E-state index in [0.29, 0.717) is 17.2 Å². The third kappa shape index (κ3) is 3.17. The van der Waals surface area contributed by atoms with Gasteiger partial charge in [-0.2, -0.15) is 0 Å². The highest BCUT2D eigenvalue weighted by Gasteiger charge is 2.15. The number of nitrogen functional groups attached to an aromatic ring is 1. The number of nitrogens with two attached hydrogens (primary N) is 1. The Morgan fingerprint density at radius 3 is 2.43 bits per heavy atom. The molecule has 0 bridgehead atoms. The minimum absolute atomic E-state index is 0.284. The van der Waals surface area contributed by atoms with Gasteiger partial charge in [0.2, 0.25) is 0 Å². The zero-order chi connectivity index (χ0) is 14.8. The van der Waals surface area contributed by atoms with Crippen molar-refractivity contribution < 1.29 is 8.78 Å². The molecule has 21 heavy (non-hydrogen) atoms. The molecule has 0 radical (unpaired) electrons. The van der Waals surface area contributed by atoms with Gasteiger partial charge in [0, 0.05) is 23.7 Å². The van der Waals surface area contributed by atoms with E-state index in [1.165, 1.54) is 18.6 Å². The third-order valence-corrected chi connectivity index (χ3v) is 3.80. The summed E-state index contributed by atoms with van der Waals surface area (Å²) >= 11 is 0. The summed E-state index contributed by atoms with van der Waals surface area (Å²) in [5.41, 5.74) is 8.58. The number of aryl methyl sites for hydroxylation is 1. The van der Waals surface area contributed by atoms with Gasteiger partial charge in [-0.3, -0.25) is 0 Å². The molecule has 0 spiro atoms. The first-order chi connectivity index (χ1) is 10.1. The molecule has 1 aliphatic carbocycles. The van der Waals surface area contributed by atoms with E-state index < -0.39 is 11.6 Å². The number of hydrogen-bond acceptors (Lipinski definition) is 3. The van der Waals surface area contributed by atoms with Crippen LogP contribution in [0.15, 0.2) is 18.2 Å². The van der Waals surface area contributed by atoms with E-state index in [2.05, 4.69) is 9.97 Å². The molecule has 0 saturated carbocycles. The second-order valence-electron chi connectivity index (χ2n) is 5.47. The molecule has 2 aromatic rings. The van der Waals surface area contributed by atoms with E-state index in [1.54, 1.807) is 0 Å². The van der Waals surface area contributed by atoms with Crippen LogP contribution in [0.4, 0.5) is 14.6 Å². The second kappa shape index (κ2) is 5.76. The Labute approximate surface area is 122 Å². The molecule has 1 aliphatic rings. The zero-order valence-corrected chi connectivity index (χ0v) is 11.7. The van der Waals surface area contributed by atoms with Gasteiger partial charge in [0.05, 0.1) is 0 Å². The first kappa shape index (κ1) is 13.9. The van der Waals surface area contributed by atoms with Crippen LogP contribution in [-0.2, 0) is 19.3 Å². The van der Waals surface area contributed by atoms with Crippen molar-refractivity contribution in [3.8, 4) is 0 Å². The standard InChI is InChI=1S/C16H17F2N3/c17-11-6-10(7-12(18)9-11)8-15-20-14-5-3-1-2-4-13(14)16(19)21-15/h6-7,9H,1-5,8H2,(H2,19,20,21). The van der Waals surface area contributed by atoms with Crippen LogP contribution in [0.5, 0.6) is 0 Å². The molecule has 1 aromatic heterocycles. The smallest absolute Gasteiger partial charge is 0.135 e. The van der Waals surface area contributed by atoms with E-state index in [9.17, 15) is 8.78 Å². The molecule has 0 aliphatic heterocycles. The minimum Gasteiger partial charge on any atom is -0.383 e. The average molecular weight is 289 g/mol. The Balaban J connectivity index is 1.92. The summed E-state index contributed by atoms with van der Waals surface area (Å²) in [6.07, 6.45) is 5.46. The Morgan fingerprint density at radius 1 is 0.952 bits per heavy atom. The Hall–Kier alpha value is -2.04. The highest BCUT2D eigenvalue weighted by atomic mass is 19.1. The fourth-order valence-electron chi connectivity index (χ4n) is 2.83. The molecule has 1 aromatic carbocycles. The molecular formula is C16H17F2N3. The maximum absolute atomic E-state index is 13.2. The summed E-state index contributed by atoms with van der Waals surface area (Å²) in [6.45, 7) is 0. The van der Waals surface area contributed by atoms with Gasteiger partial charge in [-0.05, 0) is 43.4 Å². The molecule has 2 N–H and O–H groups in total. The highest BCUT2D eigenvalue weighted by Crippen LogP contribution is 2.23. The average Bonchev–Trinajstić information content (AvgIpc) is 2.63. The van der Waals surface area contributed by atoms with Crippen molar-refractivity contribution in [3.63, 3.8) is 0 Å². The van der Waals surface area contributed by atoms with Crippen LogP contribution in [0.1, 0.15) is 41.9 Å². The Bertz CT molecular complexity index is 651. The monoisotopic (exact) mass is 289 g/mol. The van der Waals surface area contributed by atoms with E-state index in [-0.39, 0.29) is 6.42 Å². The van der Waals surface area contributed by atoms with Crippen LogP contribution in [-0.4, -0.2) is 9.97 Å². The van der Waals surface area contributed by atoms with Crippen molar-refractivity contribution in [1.29, 1.82) is 0 Å². The lowest BCUT2D eigenvalue weighted by Gasteiger charge is -2.10. The molecule has 5 heteroatoms. The predicted molar refractivity (Wildman–Crippen MR) is 76.9 cm³/mol. The number of fused-ring (bicyclic) bond motifs is 1. The van der Waals surface area contributed by atoms with E-state index in [4.69, 9.17) is 5.73 Å². The van der Waals surface area contributed by atoms with Crippen molar-refractivity contribution in [3.05, 3.63) is 52.5 Å². The second-order valence-corrected chi connectivity index (χ2v) is 5.47. The van der Waals surface area contributed by atoms with Crippen LogP contribution in [0.25, 0.3) is 0 Å². The van der Waals surface area contributed by atoms with Crippen molar-refractivity contribution in [2.45, 2.75) is 38.5 Å². The number of aromatic nitrogens is 2. The summed E-state index contributed by atoms with van der Waals surface area (Å²) in [5, 5.41) is 0. The van der Waals surface area contributed by atoms with Crippen LogP contribution < -0.4 is 5.73 Å². The zero-order valence-electron chi connectivity index (χ0n) is 11.7. The van der Waals surface area contributed by atoms with E-state index in [1.807, 2.05) is 0 Å². The van der Waals surface area contributed by atoms with Crippen LogP contribution >= 0.6 is 0 Å². The molecule has 0 unspecified atom stereocenters. The summed E-state index contributed by atoms with van der Waals surface area (Å²) < 4.78 is 26.5. The molecule has 3 rings (SSSR count). The Kier molecular flexibility index (Phi) is 3.82. The molecule has 0 atom stereocenters. The van der Waals surface area contributed by atoms with Crippen LogP contribution in [0.3, 0.4) is 0 Å². The summed E-state index contributed by atoms with van der Waals surface area (Å²) in [5.74, 6) is -0.146. The van der Waals surface area contributed by atoms with E-state index in [0.717, 1.165) is 43.0 Å². The number of anilines is 1. The largest absolute Gasteiger partial charge is 0.383 e. The first-order valence-electron chi connectivity index (χ1n) is 7.21. The molecule has 1 heterocycles.